The van der Waals surface area contributed by atoms with Gasteiger partial charge in [-0.05, 0) is 57.1 Å². The second-order valence-corrected chi connectivity index (χ2v) is 6.36. The van der Waals surface area contributed by atoms with E-state index >= 15 is 0 Å². The van der Waals surface area contributed by atoms with Crippen molar-refractivity contribution in [1.29, 1.82) is 0 Å². The zero-order chi connectivity index (χ0) is 14.5. The van der Waals surface area contributed by atoms with Crippen LogP contribution >= 0.6 is 23.8 Å². The highest BCUT2D eigenvalue weighted by Crippen LogP contribution is 2.16. The lowest BCUT2D eigenvalue weighted by Gasteiger charge is -2.35. The SMILES string of the molecule is CC(C)N1CCC(NC(=S)Nc2cccc(Cl)c2)CC1. The second kappa shape index (κ2) is 7.25. The minimum absolute atomic E-state index is 0.462. The maximum absolute atomic E-state index is 5.96. The van der Waals surface area contributed by atoms with Gasteiger partial charge in [-0.2, -0.15) is 0 Å². The molecular weight excluding hydrogens is 290 g/mol. The van der Waals surface area contributed by atoms with Gasteiger partial charge in [-0.1, -0.05) is 17.7 Å². The number of thiocarbonyl (C=S) groups is 1. The minimum atomic E-state index is 0.462. The van der Waals surface area contributed by atoms with Crippen molar-refractivity contribution in [2.75, 3.05) is 18.4 Å². The maximum Gasteiger partial charge on any atom is 0.170 e. The molecule has 0 spiro atoms. The Labute approximate surface area is 131 Å². The molecule has 5 heteroatoms. The standard InChI is InChI=1S/C15H22ClN3S/c1-11(2)19-8-6-13(7-9-19)17-15(20)18-14-5-3-4-12(16)10-14/h3-5,10-11,13H,6-9H2,1-2H3,(H2,17,18,20). The van der Waals surface area contributed by atoms with Crippen LogP contribution in [0, 0.1) is 0 Å². The van der Waals surface area contributed by atoms with Gasteiger partial charge in [-0.25, -0.2) is 0 Å². The summed E-state index contributed by atoms with van der Waals surface area (Å²) in [6, 6.07) is 8.69. The highest BCUT2D eigenvalue weighted by molar-refractivity contribution is 7.80. The Kier molecular flexibility index (Phi) is 5.64. The molecule has 0 saturated carbocycles. The predicted molar refractivity (Wildman–Crippen MR) is 90.5 cm³/mol. The monoisotopic (exact) mass is 311 g/mol. The number of piperidine rings is 1. The first kappa shape index (κ1) is 15.5. The van der Waals surface area contributed by atoms with Crippen LogP contribution in [0.3, 0.4) is 0 Å². The molecule has 20 heavy (non-hydrogen) atoms. The van der Waals surface area contributed by atoms with E-state index in [0.717, 1.165) is 31.6 Å². The van der Waals surface area contributed by atoms with Crippen LogP contribution in [-0.4, -0.2) is 35.2 Å². The van der Waals surface area contributed by atoms with E-state index in [9.17, 15) is 0 Å². The summed E-state index contributed by atoms with van der Waals surface area (Å²) in [7, 11) is 0. The number of nitrogens with zero attached hydrogens (tertiary/aromatic N) is 1. The number of anilines is 1. The van der Waals surface area contributed by atoms with Gasteiger partial charge in [0.2, 0.25) is 0 Å². The third-order valence-electron chi connectivity index (χ3n) is 3.68. The molecule has 2 N–H and O–H groups in total. The van der Waals surface area contributed by atoms with Crippen LogP contribution < -0.4 is 10.6 Å². The topological polar surface area (TPSA) is 27.3 Å². The molecule has 1 aliphatic rings. The summed E-state index contributed by atoms with van der Waals surface area (Å²) in [6.07, 6.45) is 2.27. The van der Waals surface area contributed by atoms with Crippen LogP contribution in [0.1, 0.15) is 26.7 Å². The quantitative estimate of drug-likeness (QED) is 0.836. The lowest BCUT2D eigenvalue weighted by molar-refractivity contribution is 0.168. The van der Waals surface area contributed by atoms with Gasteiger partial charge in [0.25, 0.3) is 0 Å². The third kappa shape index (κ3) is 4.62. The average molecular weight is 312 g/mol. The smallest absolute Gasteiger partial charge is 0.170 e. The molecule has 1 aromatic carbocycles. The fourth-order valence-corrected chi connectivity index (χ4v) is 2.95. The zero-order valence-electron chi connectivity index (χ0n) is 12.0. The number of likely N-dealkylation sites (tertiary alicyclic amines) is 1. The summed E-state index contributed by atoms with van der Waals surface area (Å²) in [5, 5.41) is 7.97. The molecule has 3 nitrogen and oxygen atoms in total. The predicted octanol–water partition coefficient (Wildman–Crippen LogP) is 3.50. The highest BCUT2D eigenvalue weighted by Gasteiger charge is 2.21. The summed E-state index contributed by atoms with van der Waals surface area (Å²) >= 11 is 11.3. The molecule has 0 amide bonds. The molecule has 1 fully saturated rings. The van der Waals surface area contributed by atoms with Gasteiger partial charge < -0.3 is 15.5 Å². The van der Waals surface area contributed by atoms with Crippen molar-refractivity contribution >= 4 is 34.6 Å². The van der Waals surface area contributed by atoms with Crippen LogP contribution in [-0.2, 0) is 0 Å². The molecule has 1 saturated heterocycles. The fourth-order valence-electron chi connectivity index (χ4n) is 2.48. The molecule has 110 valence electrons. The van der Waals surface area contributed by atoms with Crippen LogP contribution in [0.15, 0.2) is 24.3 Å². The van der Waals surface area contributed by atoms with Gasteiger partial charge in [0.05, 0.1) is 0 Å². The number of rotatable bonds is 3. The first-order valence-corrected chi connectivity index (χ1v) is 7.90. The Morgan fingerprint density at radius 1 is 1.35 bits per heavy atom. The third-order valence-corrected chi connectivity index (χ3v) is 4.13. The van der Waals surface area contributed by atoms with Crippen LogP contribution in [0.2, 0.25) is 5.02 Å². The van der Waals surface area contributed by atoms with E-state index < -0.39 is 0 Å². The minimum Gasteiger partial charge on any atom is -0.360 e. The Bertz CT molecular complexity index is 456. The van der Waals surface area contributed by atoms with Gasteiger partial charge in [0, 0.05) is 35.9 Å². The number of benzene rings is 1. The fraction of sp³-hybridized carbons (Fsp3) is 0.533. The highest BCUT2D eigenvalue weighted by atomic mass is 35.5. The molecule has 0 bridgehead atoms. The summed E-state index contributed by atoms with van der Waals surface area (Å²) in [6.45, 7) is 6.77. The van der Waals surface area contributed by atoms with E-state index in [-0.39, 0.29) is 0 Å². The van der Waals surface area contributed by atoms with Crippen molar-refractivity contribution in [3.8, 4) is 0 Å². The molecule has 1 aliphatic heterocycles. The van der Waals surface area contributed by atoms with E-state index in [1.165, 1.54) is 0 Å². The molecule has 2 rings (SSSR count). The van der Waals surface area contributed by atoms with Crippen molar-refractivity contribution in [2.45, 2.75) is 38.8 Å². The summed E-state index contributed by atoms with van der Waals surface area (Å²) < 4.78 is 0. The largest absolute Gasteiger partial charge is 0.360 e. The molecular formula is C15H22ClN3S. The number of hydrogen-bond acceptors (Lipinski definition) is 2. The molecule has 1 aromatic rings. The first-order valence-electron chi connectivity index (χ1n) is 7.12. The molecule has 0 aliphatic carbocycles. The van der Waals surface area contributed by atoms with Crippen molar-refractivity contribution in [3.05, 3.63) is 29.3 Å². The van der Waals surface area contributed by atoms with Gasteiger partial charge in [0.1, 0.15) is 0 Å². The van der Waals surface area contributed by atoms with E-state index in [1.807, 2.05) is 24.3 Å². The molecule has 0 unspecified atom stereocenters. The van der Waals surface area contributed by atoms with Crippen molar-refractivity contribution in [2.24, 2.45) is 0 Å². The lowest BCUT2D eigenvalue weighted by atomic mass is 10.0. The molecule has 0 radical (unpaired) electrons. The Balaban J connectivity index is 1.78. The molecule has 1 heterocycles. The second-order valence-electron chi connectivity index (χ2n) is 5.51. The number of nitrogens with one attached hydrogen (secondary N) is 2. The van der Waals surface area contributed by atoms with Crippen molar-refractivity contribution in [1.82, 2.24) is 10.2 Å². The lowest BCUT2D eigenvalue weighted by Crippen LogP contribution is -2.47. The maximum atomic E-state index is 5.96. The first-order chi connectivity index (χ1) is 9.54. The summed E-state index contributed by atoms with van der Waals surface area (Å²) in [5.41, 5.74) is 0.926. The van der Waals surface area contributed by atoms with E-state index in [0.29, 0.717) is 22.2 Å². The average Bonchev–Trinajstić information content (AvgIpc) is 2.39. The van der Waals surface area contributed by atoms with Gasteiger partial charge >= 0.3 is 0 Å². The number of halogens is 1. The van der Waals surface area contributed by atoms with Crippen molar-refractivity contribution in [3.63, 3.8) is 0 Å². The summed E-state index contributed by atoms with van der Waals surface area (Å²) in [4.78, 5) is 2.51. The Morgan fingerprint density at radius 2 is 2.05 bits per heavy atom. The molecule has 0 atom stereocenters. The van der Waals surface area contributed by atoms with Gasteiger partial charge in [-0.15, -0.1) is 0 Å². The van der Waals surface area contributed by atoms with E-state index in [2.05, 4.69) is 29.4 Å². The van der Waals surface area contributed by atoms with Crippen LogP contribution in [0.25, 0.3) is 0 Å². The van der Waals surface area contributed by atoms with Gasteiger partial charge in [-0.3, -0.25) is 0 Å². The van der Waals surface area contributed by atoms with Crippen molar-refractivity contribution < 1.29 is 0 Å². The van der Waals surface area contributed by atoms with Gasteiger partial charge in [0.15, 0.2) is 5.11 Å². The van der Waals surface area contributed by atoms with E-state index in [1.54, 1.807) is 0 Å². The zero-order valence-corrected chi connectivity index (χ0v) is 13.6. The van der Waals surface area contributed by atoms with Crippen LogP contribution in [0.5, 0.6) is 0 Å². The summed E-state index contributed by atoms with van der Waals surface area (Å²) in [5.74, 6) is 0. The molecule has 0 aromatic heterocycles. The number of hydrogen-bond donors (Lipinski definition) is 2. The normalized spacial score (nSPS) is 17.2. The Morgan fingerprint density at radius 3 is 2.65 bits per heavy atom. The Hall–Kier alpha value is -0.840. The van der Waals surface area contributed by atoms with Crippen LogP contribution in [0.4, 0.5) is 5.69 Å². The van der Waals surface area contributed by atoms with E-state index in [4.69, 9.17) is 23.8 Å².